The lowest BCUT2D eigenvalue weighted by molar-refractivity contribution is 0.659. The van der Waals surface area contributed by atoms with Gasteiger partial charge in [-0.25, -0.2) is 0 Å². The number of hydrogen-bond donors (Lipinski definition) is 0. The molecule has 7 aromatic carbocycles. The van der Waals surface area contributed by atoms with Gasteiger partial charge in [-0.2, -0.15) is 0 Å². The van der Waals surface area contributed by atoms with Crippen LogP contribution < -0.4 is 0 Å². The highest BCUT2D eigenvalue weighted by Gasteiger charge is 2.38. The molecule has 0 N–H and O–H groups in total. The largest absolute Gasteiger partial charge is 0.313 e. The van der Waals surface area contributed by atoms with Crippen LogP contribution in [0.2, 0.25) is 0 Å². The zero-order valence-corrected chi connectivity index (χ0v) is 33.9. The normalized spacial score (nSPS) is 14.9. The molecular formula is C55H43NS. The number of benzene rings is 7. The summed E-state index contributed by atoms with van der Waals surface area (Å²) in [6, 6.07) is 54.4. The van der Waals surface area contributed by atoms with Crippen LogP contribution in [0, 0.1) is 6.92 Å². The zero-order valence-electron chi connectivity index (χ0n) is 33.1. The first kappa shape index (κ1) is 34.1. The molecule has 0 radical (unpaired) electrons. The van der Waals surface area contributed by atoms with Gasteiger partial charge in [-0.15, -0.1) is 11.3 Å². The molecule has 2 heterocycles. The van der Waals surface area contributed by atoms with Crippen molar-refractivity contribution in [1.82, 2.24) is 4.57 Å². The number of fused-ring (bicyclic) bond motifs is 11. The Morgan fingerprint density at radius 1 is 0.579 bits per heavy atom. The third kappa shape index (κ3) is 4.81. The van der Waals surface area contributed by atoms with Crippen molar-refractivity contribution in [2.75, 3.05) is 0 Å². The summed E-state index contributed by atoms with van der Waals surface area (Å²) in [7, 11) is 0. The van der Waals surface area contributed by atoms with Crippen LogP contribution in [0.3, 0.4) is 0 Å². The van der Waals surface area contributed by atoms with Crippen molar-refractivity contribution in [3.05, 3.63) is 197 Å². The molecule has 0 atom stereocenters. The molecule has 1 nitrogen and oxygen atoms in total. The zero-order chi connectivity index (χ0) is 38.8. The molecule has 2 heteroatoms. The molecule has 274 valence electrons. The first-order valence-corrected chi connectivity index (χ1v) is 20.9. The second-order valence-electron chi connectivity index (χ2n) is 17.0. The highest BCUT2D eigenvalue weighted by molar-refractivity contribution is 7.26. The fraction of sp³-hybridized carbons (Fsp3) is 0.127. The van der Waals surface area contributed by atoms with Gasteiger partial charge in [0.15, 0.2) is 0 Å². The Hall–Kier alpha value is -6.22. The molecule has 0 amide bonds. The Balaban J connectivity index is 1.09. The Morgan fingerprint density at radius 2 is 1.26 bits per heavy atom. The van der Waals surface area contributed by atoms with Crippen LogP contribution in [-0.2, 0) is 10.8 Å². The number of thiophene rings is 1. The molecule has 0 spiro atoms. The van der Waals surface area contributed by atoms with E-state index in [0.29, 0.717) is 0 Å². The summed E-state index contributed by atoms with van der Waals surface area (Å²) in [6.07, 6.45) is 4.33. The number of aromatic nitrogens is 1. The maximum absolute atomic E-state index is 4.27. The number of allylic oxidation sites excluding steroid dienone is 2. The van der Waals surface area contributed by atoms with Gasteiger partial charge in [-0.1, -0.05) is 150 Å². The first-order valence-electron chi connectivity index (χ1n) is 20.0. The van der Waals surface area contributed by atoms with Crippen molar-refractivity contribution in [1.29, 1.82) is 0 Å². The van der Waals surface area contributed by atoms with Crippen molar-refractivity contribution in [2.24, 2.45) is 0 Å². The summed E-state index contributed by atoms with van der Waals surface area (Å²) >= 11 is 1.93. The predicted octanol–water partition coefficient (Wildman–Crippen LogP) is 15.3. The summed E-state index contributed by atoms with van der Waals surface area (Å²) in [6.45, 7) is 16.1. The average molecular weight is 750 g/mol. The molecule has 0 bridgehead atoms. The van der Waals surface area contributed by atoms with Crippen LogP contribution in [0.5, 0.6) is 0 Å². The molecule has 2 aliphatic carbocycles. The van der Waals surface area contributed by atoms with Gasteiger partial charge in [-0.05, 0) is 111 Å². The lowest BCUT2D eigenvalue weighted by Crippen LogP contribution is -2.15. The summed E-state index contributed by atoms with van der Waals surface area (Å²) in [5.41, 5.74) is 20.4. The average Bonchev–Trinajstić information content (AvgIpc) is 3.89. The lowest BCUT2D eigenvalue weighted by atomic mass is 9.81. The first-order chi connectivity index (χ1) is 27.6. The van der Waals surface area contributed by atoms with Crippen LogP contribution in [0.1, 0.15) is 66.8 Å². The maximum Gasteiger partial charge on any atom is 0.0538 e. The molecule has 0 saturated heterocycles. The molecule has 2 aromatic heterocycles. The Kier molecular flexibility index (Phi) is 7.25. The van der Waals surface area contributed by atoms with Gasteiger partial charge < -0.3 is 4.57 Å². The molecule has 2 aliphatic rings. The SMILES string of the molecule is C=C/C(=C\c1c(C)n(-c2ccc3c(c2)C(C)(C)c2ccccc2-3)c2ccc(-c3ccc4c(c3)C(C)(C)c3ccc5c(sc6ccccc65)c3-4)cc12)c1ccccc1. The van der Waals surface area contributed by atoms with E-state index in [1.807, 2.05) is 17.4 Å². The van der Waals surface area contributed by atoms with Gasteiger partial charge in [0.2, 0.25) is 0 Å². The summed E-state index contributed by atoms with van der Waals surface area (Å²) in [5.74, 6) is 0. The quantitative estimate of drug-likeness (QED) is 0.154. The fourth-order valence-corrected chi connectivity index (χ4v) is 11.5. The van der Waals surface area contributed by atoms with E-state index in [0.717, 1.165) is 11.1 Å². The van der Waals surface area contributed by atoms with Gasteiger partial charge in [0.1, 0.15) is 0 Å². The summed E-state index contributed by atoms with van der Waals surface area (Å²) in [5, 5.41) is 3.95. The lowest BCUT2D eigenvalue weighted by Gasteiger charge is -2.22. The minimum atomic E-state index is -0.113. The van der Waals surface area contributed by atoms with E-state index < -0.39 is 0 Å². The van der Waals surface area contributed by atoms with Crippen LogP contribution in [0.4, 0.5) is 0 Å². The van der Waals surface area contributed by atoms with E-state index in [1.165, 1.54) is 104 Å². The van der Waals surface area contributed by atoms with Crippen LogP contribution >= 0.6 is 11.3 Å². The van der Waals surface area contributed by atoms with Crippen molar-refractivity contribution in [2.45, 2.75) is 45.4 Å². The van der Waals surface area contributed by atoms with Crippen molar-refractivity contribution >= 4 is 54.1 Å². The van der Waals surface area contributed by atoms with Crippen LogP contribution in [-0.4, -0.2) is 4.57 Å². The second-order valence-corrected chi connectivity index (χ2v) is 18.0. The molecule has 0 aliphatic heterocycles. The van der Waals surface area contributed by atoms with Gasteiger partial charge in [-0.3, -0.25) is 0 Å². The van der Waals surface area contributed by atoms with Gasteiger partial charge in [0.25, 0.3) is 0 Å². The van der Waals surface area contributed by atoms with Crippen LogP contribution in [0.25, 0.3) is 81.8 Å². The molecule has 9 aromatic rings. The molecule has 0 fully saturated rings. The minimum absolute atomic E-state index is 0.0816. The van der Waals surface area contributed by atoms with Crippen molar-refractivity contribution < 1.29 is 0 Å². The molecule has 0 unspecified atom stereocenters. The second kappa shape index (κ2) is 12.1. The monoisotopic (exact) mass is 749 g/mol. The smallest absolute Gasteiger partial charge is 0.0538 e. The van der Waals surface area contributed by atoms with E-state index in [-0.39, 0.29) is 10.8 Å². The van der Waals surface area contributed by atoms with E-state index in [2.05, 4.69) is 197 Å². The molecular weight excluding hydrogens is 707 g/mol. The maximum atomic E-state index is 4.27. The standard InChI is InChI=1S/C55H43NS/c1-7-34(35-15-9-8-10-16-35)29-44-33(2)56(38-23-25-40-39-17-11-13-19-46(39)54(3,4)49(40)32-38)50-28-22-36(30-45(44)50)37-21-24-43-48(31-37)55(5,6)47-27-26-42-41-18-12-14-20-51(41)57-53(42)52(43)47/h7-32H,1H2,2-6H3/b34-29+. The van der Waals surface area contributed by atoms with E-state index >= 15 is 0 Å². The third-order valence-electron chi connectivity index (χ3n) is 13.2. The van der Waals surface area contributed by atoms with E-state index in [4.69, 9.17) is 0 Å². The minimum Gasteiger partial charge on any atom is -0.313 e. The number of rotatable bonds is 5. The Bertz CT molecular complexity index is 3200. The molecule has 0 saturated carbocycles. The van der Waals surface area contributed by atoms with Gasteiger partial charge in [0, 0.05) is 58.9 Å². The summed E-state index contributed by atoms with van der Waals surface area (Å²) < 4.78 is 5.22. The highest BCUT2D eigenvalue weighted by Crippen LogP contribution is 2.55. The molecule has 57 heavy (non-hydrogen) atoms. The fourth-order valence-electron chi connectivity index (χ4n) is 10.2. The summed E-state index contributed by atoms with van der Waals surface area (Å²) in [4.78, 5) is 0. The van der Waals surface area contributed by atoms with Gasteiger partial charge in [0.05, 0.1) is 5.52 Å². The third-order valence-corrected chi connectivity index (χ3v) is 14.4. The molecule has 11 rings (SSSR count). The predicted molar refractivity (Wildman–Crippen MR) is 246 cm³/mol. The Morgan fingerprint density at radius 3 is 2.11 bits per heavy atom. The highest BCUT2D eigenvalue weighted by atomic mass is 32.1. The van der Waals surface area contributed by atoms with Crippen molar-refractivity contribution in [3.63, 3.8) is 0 Å². The number of hydrogen-bond acceptors (Lipinski definition) is 1. The topological polar surface area (TPSA) is 4.93 Å². The van der Waals surface area contributed by atoms with E-state index in [1.54, 1.807) is 0 Å². The van der Waals surface area contributed by atoms with Gasteiger partial charge >= 0.3 is 0 Å². The van der Waals surface area contributed by atoms with Crippen LogP contribution in [0.15, 0.2) is 158 Å². The van der Waals surface area contributed by atoms with E-state index in [9.17, 15) is 0 Å². The number of nitrogens with zero attached hydrogens (tertiary/aromatic N) is 1. The van der Waals surface area contributed by atoms with Crippen molar-refractivity contribution in [3.8, 4) is 39.1 Å². The Labute approximate surface area is 338 Å².